The fourth-order valence-electron chi connectivity index (χ4n) is 2.71. The third-order valence-corrected chi connectivity index (χ3v) is 4.25. The summed E-state index contributed by atoms with van der Waals surface area (Å²) < 4.78 is 15.9. The number of amides is 1. The monoisotopic (exact) mass is 420 g/mol. The maximum atomic E-state index is 12.5. The third-order valence-electron chi connectivity index (χ3n) is 4.25. The van der Waals surface area contributed by atoms with E-state index in [-0.39, 0.29) is 22.6 Å². The molecule has 3 rings (SSSR count). The standard InChI is InChI=1S/C23H20N2O6/c1-29-19-10-6-4-8-17(19)23(28)31-20-12-11-15(13-21(20)30-2)14-24-25-22(27)16-7-3-5-9-18(16)26/h3-14,26H,1-2H3,(H,25,27)/b24-14-. The number of hydrogen-bond donors (Lipinski definition) is 2. The maximum absolute atomic E-state index is 12.5. The molecule has 0 saturated heterocycles. The van der Waals surface area contributed by atoms with Gasteiger partial charge in [-0.1, -0.05) is 24.3 Å². The number of phenolic OH excluding ortho intramolecular Hbond substituents is 1. The van der Waals surface area contributed by atoms with Crippen LogP contribution in [-0.4, -0.2) is 37.4 Å². The van der Waals surface area contributed by atoms with Crippen molar-refractivity contribution in [2.24, 2.45) is 5.10 Å². The van der Waals surface area contributed by atoms with Gasteiger partial charge >= 0.3 is 5.97 Å². The van der Waals surface area contributed by atoms with E-state index in [1.165, 1.54) is 32.6 Å². The average molecular weight is 420 g/mol. The number of nitrogens with one attached hydrogen (secondary N) is 1. The van der Waals surface area contributed by atoms with E-state index in [0.29, 0.717) is 17.1 Å². The number of carbonyl (C=O) groups excluding carboxylic acids is 2. The summed E-state index contributed by atoms with van der Waals surface area (Å²) >= 11 is 0. The van der Waals surface area contributed by atoms with E-state index in [2.05, 4.69) is 10.5 Å². The minimum atomic E-state index is -0.591. The Balaban J connectivity index is 1.71. The first-order valence-corrected chi connectivity index (χ1v) is 9.18. The van der Waals surface area contributed by atoms with Crippen molar-refractivity contribution < 1.29 is 28.9 Å². The van der Waals surface area contributed by atoms with Crippen LogP contribution in [0, 0.1) is 0 Å². The molecule has 0 aliphatic rings. The van der Waals surface area contributed by atoms with Crippen LogP contribution in [-0.2, 0) is 0 Å². The van der Waals surface area contributed by atoms with E-state index in [4.69, 9.17) is 14.2 Å². The van der Waals surface area contributed by atoms with E-state index in [1.807, 2.05) is 0 Å². The Kier molecular flexibility index (Phi) is 6.85. The number of phenols is 1. The molecule has 0 bridgehead atoms. The number of ether oxygens (including phenoxy) is 3. The van der Waals surface area contributed by atoms with Gasteiger partial charge < -0.3 is 19.3 Å². The number of carbonyl (C=O) groups is 2. The molecular weight excluding hydrogens is 400 g/mol. The lowest BCUT2D eigenvalue weighted by Gasteiger charge is -2.11. The van der Waals surface area contributed by atoms with Crippen LogP contribution in [0.15, 0.2) is 71.8 Å². The predicted molar refractivity (Wildman–Crippen MR) is 114 cm³/mol. The molecule has 0 atom stereocenters. The predicted octanol–water partition coefficient (Wildman–Crippen LogP) is 3.39. The van der Waals surface area contributed by atoms with Gasteiger partial charge in [0.1, 0.15) is 17.1 Å². The van der Waals surface area contributed by atoms with Gasteiger partial charge in [-0.05, 0) is 48.0 Å². The van der Waals surface area contributed by atoms with Crippen LogP contribution in [0.25, 0.3) is 0 Å². The van der Waals surface area contributed by atoms with Gasteiger partial charge in [-0.2, -0.15) is 5.10 Å². The summed E-state index contributed by atoms with van der Waals surface area (Å²) in [5.41, 5.74) is 3.32. The normalized spacial score (nSPS) is 10.5. The molecule has 1 amide bonds. The number of hydrazone groups is 1. The number of aromatic hydroxyl groups is 1. The van der Waals surface area contributed by atoms with Crippen molar-refractivity contribution in [1.82, 2.24) is 5.43 Å². The highest BCUT2D eigenvalue weighted by Gasteiger charge is 2.16. The Labute approximate surface area is 178 Å². The summed E-state index contributed by atoms with van der Waals surface area (Å²) in [5, 5.41) is 13.6. The van der Waals surface area contributed by atoms with Crippen molar-refractivity contribution in [2.75, 3.05) is 14.2 Å². The van der Waals surface area contributed by atoms with Crippen LogP contribution in [0.5, 0.6) is 23.0 Å². The van der Waals surface area contributed by atoms with Crippen molar-refractivity contribution in [3.05, 3.63) is 83.4 Å². The molecule has 0 fully saturated rings. The highest BCUT2D eigenvalue weighted by atomic mass is 16.6. The second kappa shape index (κ2) is 9.93. The molecule has 0 heterocycles. The number of rotatable bonds is 7. The van der Waals surface area contributed by atoms with E-state index in [1.54, 1.807) is 54.6 Å². The Morgan fingerprint density at radius 3 is 2.26 bits per heavy atom. The van der Waals surface area contributed by atoms with Gasteiger partial charge in [0.2, 0.25) is 0 Å². The molecule has 3 aromatic carbocycles. The minimum Gasteiger partial charge on any atom is -0.507 e. The first-order chi connectivity index (χ1) is 15.0. The molecular formula is C23H20N2O6. The van der Waals surface area contributed by atoms with Gasteiger partial charge in [-0.15, -0.1) is 0 Å². The van der Waals surface area contributed by atoms with E-state index in [0.717, 1.165) is 0 Å². The van der Waals surface area contributed by atoms with Crippen LogP contribution in [0.2, 0.25) is 0 Å². The highest BCUT2D eigenvalue weighted by molar-refractivity contribution is 5.97. The molecule has 0 spiro atoms. The van der Waals surface area contributed by atoms with Gasteiger partial charge in [0.15, 0.2) is 11.5 Å². The number of benzene rings is 3. The molecule has 31 heavy (non-hydrogen) atoms. The zero-order valence-corrected chi connectivity index (χ0v) is 16.9. The molecule has 0 saturated carbocycles. The van der Waals surface area contributed by atoms with Gasteiger partial charge in [-0.25, -0.2) is 10.2 Å². The second-order valence-electron chi connectivity index (χ2n) is 6.22. The smallest absolute Gasteiger partial charge is 0.347 e. The maximum Gasteiger partial charge on any atom is 0.347 e. The van der Waals surface area contributed by atoms with E-state index < -0.39 is 11.9 Å². The molecule has 158 valence electrons. The Morgan fingerprint density at radius 2 is 1.55 bits per heavy atom. The molecule has 8 heteroatoms. The third kappa shape index (κ3) is 5.18. The lowest BCUT2D eigenvalue weighted by Crippen LogP contribution is -2.17. The largest absolute Gasteiger partial charge is 0.507 e. The first kappa shape index (κ1) is 21.4. The van der Waals surface area contributed by atoms with Gasteiger partial charge in [0, 0.05) is 0 Å². The number of nitrogens with zero attached hydrogens (tertiary/aromatic N) is 1. The topological polar surface area (TPSA) is 106 Å². The first-order valence-electron chi connectivity index (χ1n) is 9.18. The summed E-state index contributed by atoms with van der Waals surface area (Å²) in [6.45, 7) is 0. The van der Waals surface area contributed by atoms with Gasteiger partial charge in [0.05, 0.1) is 26.0 Å². The number of esters is 1. The summed E-state index contributed by atoms with van der Waals surface area (Å²) in [7, 11) is 2.91. The fourth-order valence-corrected chi connectivity index (χ4v) is 2.71. The zero-order valence-electron chi connectivity index (χ0n) is 16.9. The molecule has 0 aliphatic carbocycles. The molecule has 0 aliphatic heterocycles. The Morgan fingerprint density at radius 1 is 0.871 bits per heavy atom. The van der Waals surface area contributed by atoms with E-state index in [9.17, 15) is 14.7 Å². The summed E-state index contributed by atoms with van der Waals surface area (Å²) in [5.74, 6) is -0.364. The number of hydrogen-bond acceptors (Lipinski definition) is 7. The molecule has 8 nitrogen and oxygen atoms in total. The van der Waals surface area contributed by atoms with Gasteiger partial charge in [0.25, 0.3) is 5.91 Å². The summed E-state index contributed by atoms with van der Waals surface area (Å²) in [4.78, 5) is 24.6. The SMILES string of the molecule is COc1cc(/C=N\NC(=O)c2ccccc2O)ccc1OC(=O)c1ccccc1OC. The average Bonchev–Trinajstić information content (AvgIpc) is 2.80. The fraction of sp³-hybridized carbons (Fsp3) is 0.0870. The van der Waals surface area contributed by atoms with Crippen LogP contribution >= 0.6 is 0 Å². The van der Waals surface area contributed by atoms with Crippen molar-refractivity contribution in [2.45, 2.75) is 0 Å². The van der Waals surface area contributed by atoms with Crippen molar-refractivity contribution >= 4 is 18.1 Å². The molecule has 0 radical (unpaired) electrons. The van der Waals surface area contributed by atoms with Crippen LogP contribution in [0.1, 0.15) is 26.3 Å². The lowest BCUT2D eigenvalue weighted by atomic mass is 10.2. The summed E-state index contributed by atoms with van der Waals surface area (Å²) in [6, 6.07) is 17.7. The Hall–Kier alpha value is -4.33. The molecule has 3 aromatic rings. The van der Waals surface area contributed by atoms with Crippen LogP contribution in [0.4, 0.5) is 0 Å². The molecule has 2 N–H and O–H groups in total. The van der Waals surface area contributed by atoms with Crippen molar-refractivity contribution in [1.29, 1.82) is 0 Å². The lowest BCUT2D eigenvalue weighted by molar-refractivity contribution is 0.0726. The molecule has 0 aromatic heterocycles. The van der Waals surface area contributed by atoms with Crippen molar-refractivity contribution in [3.63, 3.8) is 0 Å². The zero-order chi connectivity index (χ0) is 22.2. The minimum absolute atomic E-state index is 0.107. The highest BCUT2D eigenvalue weighted by Crippen LogP contribution is 2.29. The molecule has 0 unspecified atom stereocenters. The van der Waals surface area contributed by atoms with Crippen LogP contribution in [0.3, 0.4) is 0 Å². The quantitative estimate of drug-likeness (QED) is 0.263. The number of methoxy groups -OCH3 is 2. The summed E-state index contributed by atoms with van der Waals surface area (Å²) in [6.07, 6.45) is 1.40. The Bertz CT molecular complexity index is 1130. The van der Waals surface area contributed by atoms with Crippen LogP contribution < -0.4 is 19.6 Å². The van der Waals surface area contributed by atoms with E-state index >= 15 is 0 Å². The van der Waals surface area contributed by atoms with Gasteiger partial charge in [-0.3, -0.25) is 4.79 Å². The van der Waals surface area contributed by atoms with Crippen molar-refractivity contribution in [3.8, 4) is 23.0 Å². The second-order valence-corrected chi connectivity index (χ2v) is 6.22. The number of para-hydroxylation sites is 2.